The highest BCUT2D eigenvalue weighted by Crippen LogP contribution is 2.17. The third-order valence-electron chi connectivity index (χ3n) is 2.55. The zero-order valence-corrected chi connectivity index (χ0v) is 10.0. The van der Waals surface area contributed by atoms with Crippen LogP contribution in [-0.2, 0) is 0 Å². The van der Waals surface area contributed by atoms with Gasteiger partial charge in [-0.05, 0) is 31.5 Å². The van der Waals surface area contributed by atoms with E-state index >= 15 is 0 Å². The van der Waals surface area contributed by atoms with Gasteiger partial charge >= 0.3 is 0 Å². The van der Waals surface area contributed by atoms with Crippen molar-refractivity contribution in [2.75, 3.05) is 7.11 Å². The maximum atomic E-state index is 8.58. The average Bonchev–Trinajstić information content (AvgIpc) is 2.29. The molecule has 1 rings (SSSR count). The fourth-order valence-electron chi connectivity index (χ4n) is 1.61. The topological polar surface area (TPSA) is 45.0 Å². The molecule has 0 spiro atoms. The highest BCUT2D eigenvalue weighted by molar-refractivity contribution is 5.28. The van der Waals surface area contributed by atoms with Crippen LogP contribution < -0.4 is 10.1 Å². The van der Waals surface area contributed by atoms with Crippen LogP contribution in [0.2, 0.25) is 0 Å². The molecule has 0 aliphatic rings. The Hall–Kier alpha value is -1.53. The van der Waals surface area contributed by atoms with Gasteiger partial charge in [0.05, 0.1) is 19.6 Å². The first-order valence-electron chi connectivity index (χ1n) is 5.44. The van der Waals surface area contributed by atoms with E-state index in [-0.39, 0.29) is 12.1 Å². The molecule has 0 heterocycles. The van der Waals surface area contributed by atoms with E-state index in [1.54, 1.807) is 7.11 Å². The van der Waals surface area contributed by atoms with Gasteiger partial charge in [-0.3, -0.25) is 0 Å². The summed E-state index contributed by atoms with van der Waals surface area (Å²) in [5.41, 5.74) is 1.20. The molecule has 16 heavy (non-hydrogen) atoms. The van der Waals surface area contributed by atoms with Gasteiger partial charge in [-0.15, -0.1) is 0 Å². The van der Waals surface area contributed by atoms with Gasteiger partial charge in [-0.25, -0.2) is 0 Å². The summed E-state index contributed by atoms with van der Waals surface area (Å²) in [6.07, 6.45) is 0.528. The summed E-state index contributed by atoms with van der Waals surface area (Å²) in [6, 6.07) is 10.6. The van der Waals surface area contributed by atoms with E-state index in [4.69, 9.17) is 10.00 Å². The molecule has 1 unspecified atom stereocenters. The van der Waals surface area contributed by atoms with Gasteiger partial charge in [-0.1, -0.05) is 12.1 Å². The van der Waals surface area contributed by atoms with Gasteiger partial charge in [0.15, 0.2) is 0 Å². The quantitative estimate of drug-likeness (QED) is 0.826. The van der Waals surface area contributed by atoms with Gasteiger partial charge in [0, 0.05) is 12.1 Å². The molecule has 86 valence electrons. The Balaban J connectivity index is 2.59. The van der Waals surface area contributed by atoms with Crippen LogP contribution in [0.15, 0.2) is 24.3 Å². The first-order chi connectivity index (χ1) is 7.67. The van der Waals surface area contributed by atoms with Crippen molar-refractivity contribution in [3.63, 3.8) is 0 Å². The van der Waals surface area contributed by atoms with Crippen LogP contribution in [0.1, 0.15) is 31.9 Å². The Morgan fingerprint density at radius 3 is 2.44 bits per heavy atom. The van der Waals surface area contributed by atoms with Crippen LogP contribution >= 0.6 is 0 Å². The fraction of sp³-hybridized carbons (Fsp3) is 0.462. The van der Waals surface area contributed by atoms with Gasteiger partial charge in [-0.2, -0.15) is 5.26 Å². The van der Waals surface area contributed by atoms with Crippen molar-refractivity contribution >= 4 is 0 Å². The molecule has 0 aromatic heterocycles. The summed E-state index contributed by atoms with van der Waals surface area (Å²) in [5.74, 6) is 0.862. The number of hydrogen-bond acceptors (Lipinski definition) is 3. The number of nitrogens with zero attached hydrogens (tertiary/aromatic N) is 1. The van der Waals surface area contributed by atoms with E-state index in [0.717, 1.165) is 5.75 Å². The number of hydrogen-bond donors (Lipinski definition) is 1. The maximum Gasteiger partial charge on any atom is 0.118 e. The van der Waals surface area contributed by atoms with E-state index in [2.05, 4.69) is 18.3 Å². The zero-order valence-electron chi connectivity index (χ0n) is 10.0. The molecule has 2 atom stereocenters. The van der Waals surface area contributed by atoms with E-state index in [1.807, 2.05) is 31.2 Å². The number of rotatable bonds is 5. The minimum atomic E-state index is 0.210. The van der Waals surface area contributed by atoms with Crippen LogP contribution in [0.3, 0.4) is 0 Å². The first-order valence-corrected chi connectivity index (χ1v) is 5.44. The molecule has 3 heteroatoms. The van der Waals surface area contributed by atoms with E-state index < -0.39 is 0 Å². The number of ether oxygens (including phenoxy) is 1. The molecule has 1 aromatic carbocycles. The molecule has 0 aliphatic heterocycles. The smallest absolute Gasteiger partial charge is 0.118 e. The van der Waals surface area contributed by atoms with Crippen molar-refractivity contribution in [2.45, 2.75) is 32.4 Å². The van der Waals surface area contributed by atoms with Crippen LogP contribution in [0.4, 0.5) is 0 Å². The number of nitrogens with one attached hydrogen (secondary N) is 1. The van der Waals surface area contributed by atoms with Crippen LogP contribution in [0, 0.1) is 11.3 Å². The number of nitriles is 1. The predicted molar refractivity (Wildman–Crippen MR) is 64.2 cm³/mol. The normalized spacial score (nSPS) is 13.9. The lowest BCUT2D eigenvalue weighted by atomic mass is 10.1. The first kappa shape index (κ1) is 12.5. The SMILES string of the molecule is COc1ccc([C@@H](C)NC(C)CC#N)cc1. The Morgan fingerprint density at radius 2 is 1.94 bits per heavy atom. The Morgan fingerprint density at radius 1 is 1.31 bits per heavy atom. The lowest BCUT2D eigenvalue weighted by Gasteiger charge is -2.18. The van der Waals surface area contributed by atoms with Gasteiger partial charge < -0.3 is 10.1 Å². The van der Waals surface area contributed by atoms with Gasteiger partial charge in [0.1, 0.15) is 5.75 Å². The second-order valence-electron chi connectivity index (χ2n) is 3.92. The molecular formula is C13H18N2O. The monoisotopic (exact) mass is 218 g/mol. The molecule has 0 aliphatic carbocycles. The molecule has 1 N–H and O–H groups in total. The second kappa shape index (κ2) is 6.14. The number of methoxy groups -OCH3 is 1. The summed E-state index contributed by atoms with van der Waals surface area (Å²) in [5, 5.41) is 12.0. The highest BCUT2D eigenvalue weighted by Gasteiger charge is 2.08. The van der Waals surface area contributed by atoms with Crippen molar-refractivity contribution in [2.24, 2.45) is 0 Å². The van der Waals surface area contributed by atoms with Crippen LogP contribution in [0.5, 0.6) is 5.75 Å². The summed E-state index contributed by atoms with van der Waals surface area (Å²) >= 11 is 0. The molecule has 0 radical (unpaired) electrons. The summed E-state index contributed by atoms with van der Waals surface area (Å²) in [6.45, 7) is 4.11. The molecule has 1 aromatic rings. The Bertz CT molecular complexity index is 353. The molecule has 0 bridgehead atoms. The minimum absolute atomic E-state index is 0.210. The van der Waals surface area contributed by atoms with E-state index in [0.29, 0.717) is 6.42 Å². The third-order valence-corrected chi connectivity index (χ3v) is 2.55. The average molecular weight is 218 g/mol. The van der Waals surface area contributed by atoms with Gasteiger partial charge in [0.2, 0.25) is 0 Å². The zero-order chi connectivity index (χ0) is 12.0. The molecule has 3 nitrogen and oxygen atoms in total. The van der Waals surface area contributed by atoms with Crippen LogP contribution in [0.25, 0.3) is 0 Å². The fourth-order valence-corrected chi connectivity index (χ4v) is 1.61. The van der Waals surface area contributed by atoms with Crippen molar-refractivity contribution < 1.29 is 4.74 Å². The van der Waals surface area contributed by atoms with E-state index in [9.17, 15) is 0 Å². The highest BCUT2D eigenvalue weighted by atomic mass is 16.5. The molecule has 0 fully saturated rings. The second-order valence-corrected chi connectivity index (χ2v) is 3.92. The molecule has 0 saturated heterocycles. The Kier molecular flexibility index (Phi) is 4.81. The largest absolute Gasteiger partial charge is 0.497 e. The molecular weight excluding hydrogens is 200 g/mol. The summed E-state index contributed by atoms with van der Waals surface area (Å²) in [7, 11) is 1.66. The predicted octanol–water partition coefficient (Wildman–Crippen LogP) is 2.65. The van der Waals surface area contributed by atoms with Crippen molar-refractivity contribution in [1.82, 2.24) is 5.32 Å². The number of benzene rings is 1. The van der Waals surface area contributed by atoms with Crippen molar-refractivity contribution in [3.05, 3.63) is 29.8 Å². The van der Waals surface area contributed by atoms with Crippen molar-refractivity contribution in [1.29, 1.82) is 5.26 Å². The van der Waals surface area contributed by atoms with Crippen molar-refractivity contribution in [3.8, 4) is 11.8 Å². The van der Waals surface area contributed by atoms with Crippen LogP contribution in [-0.4, -0.2) is 13.2 Å². The standard InChI is InChI=1S/C13H18N2O/c1-10(8-9-14)15-11(2)12-4-6-13(16-3)7-5-12/h4-7,10-11,15H,8H2,1-3H3/t10?,11-/m1/s1. The summed E-state index contributed by atoms with van der Waals surface area (Å²) < 4.78 is 5.11. The summed E-state index contributed by atoms with van der Waals surface area (Å²) in [4.78, 5) is 0. The van der Waals surface area contributed by atoms with E-state index in [1.165, 1.54) is 5.56 Å². The lowest BCUT2D eigenvalue weighted by Crippen LogP contribution is -2.28. The molecule has 0 saturated carbocycles. The molecule has 0 amide bonds. The third kappa shape index (κ3) is 3.56. The lowest BCUT2D eigenvalue weighted by molar-refractivity contribution is 0.414. The van der Waals surface area contributed by atoms with Gasteiger partial charge in [0.25, 0.3) is 0 Å². The Labute approximate surface area is 97.0 Å². The minimum Gasteiger partial charge on any atom is -0.497 e. The maximum absolute atomic E-state index is 8.58.